The van der Waals surface area contributed by atoms with Gasteiger partial charge in [-0.1, -0.05) is 27.7 Å². The van der Waals surface area contributed by atoms with E-state index < -0.39 is 11.5 Å². The maximum absolute atomic E-state index is 11.4. The number of nitrogens with zero attached hydrogens (tertiary/aromatic N) is 2. The van der Waals surface area contributed by atoms with E-state index in [1.165, 1.54) is 6.07 Å². The molecule has 1 aromatic heterocycles. The number of aromatic nitrogens is 2. The molecule has 9 heteroatoms. The van der Waals surface area contributed by atoms with Crippen LogP contribution in [0.5, 0.6) is 0 Å². The molecule has 0 aliphatic rings. The number of halogens is 3. The molecule has 1 heterocycles. The van der Waals surface area contributed by atoms with Crippen LogP contribution in [0.2, 0.25) is 0 Å². The van der Waals surface area contributed by atoms with Crippen molar-refractivity contribution >= 4 is 65.5 Å². The fourth-order valence-corrected chi connectivity index (χ4v) is 4.89. The molecule has 0 aliphatic carbocycles. The summed E-state index contributed by atoms with van der Waals surface area (Å²) in [6, 6.07) is 5.03. The third-order valence-corrected chi connectivity index (χ3v) is 4.93. The molecule has 2 aromatic rings. The Morgan fingerprint density at radius 3 is 2.48 bits per heavy atom. The first-order chi connectivity index (χ1) is 9.88. The molecule has 110 valence electrons. The summed E-state index contributed by atoms with van der Waals surface area (Å²) in [5.74, 6) is -1.15. The van der Waals surface area contributed by atoms with E-state index in [9.17, 15) is 9.59 Å². The van der Waals surface area contributed by atoms with Gasteiger partial charge in [-0.05, 0) is 44.0 Å². The highest BCUT2D eigenvalue weighted by molar-refractivity contribution is 9.11. The molecule has 0 saturated heterocycles. The summed E-state index contributed by atoms with van der Waals surface area (Å²) in [6.45, 7) is 0. The van der Waals surface area contributed by atoms with Crippen LogP contribution in [0.25, 0.3) is 5.69 Å². The molecule has 2 rings (SSSR count). The smallest absolute Gasteiger partial charge is 0.313 e. The van der Waals surface area contributed by atoms with E-state index in [1.807, 2.05) is 12.1 Å². The second-order valence-electron chi connectivity index (χ2n) is 3.82. The molecule has 0 atom stereocenters. The van der Waals surface area contributed by atoms with Crippen LogP contribution in [0, 0.1) is 0 Å². The second-order valence-corrected chi connectivity index (χ2v) is 7.39. The van der Waals surface area contributed by atoms with Crippen LogP contribution in [-0.4, -0.2) is 26.4 Å². The zero-order valence-electron chi connectivity index (χ0n) is 10.2. The second kappa shape index (κ2) is 7.08. The quantitative estimate of drug-likeness (QED) is 0.514. The van der Waals surface area contributed by atoms with Gasteiger partial charge in [0.1, 0.15) is 0 Å². The summed E-state index contributed by atoms with van der Waals surface area (Å²) in [7, 11) is 0. The van der Waals surface area contributed by atoms with Gasteiger partial charge < -0.3 is 5.11 Å². The van der Waals surface area contributed by atoms with E-state index in [0.717, 1.165) is 30.9 Å². The highest BCUT2D eigenvalue weighted by Gasteiger charge is 2.14. The van der Waals surface area contributed by atoms with E-state index in [-0.39, 0.29) is 5.75 Å². The van der Waals surface area contributed by atoms with E-state index in [1.54, 1.807) is 10.8 Å². The van der Waals surface area contributed by atoms with Crippen LogP contribution in [0.4, 0.5) is 0 Å². The molecule has 1 aromatic carbocycles. The summed E-state index contributed by atoms with van der Waals surface area (Å²) in [6.07, 6.45) is 1.57. The van der Waals surface area contributed by atoms with Crippen molar-refractivity contribution < 1.29 is 9.90 Å². The first-order valence-corrected chi connectivity index (χ1v) is 8.84. The van der Waals surface area contributed by atoms with Crippen LogP contribution in [0.3, 0.4) is 0 Å². The van der Waals surface area contributed by atoms with Crippen molar-refractivity contribution in [3.63, 3.8) is 0 Å². The molecule has 21 heavy (non-hydrogen) atoms. The molecule has 0 spiro atoms. The van der Waals surface area contributed by atoms with Gasteiger partial charge in [0.2, 0.25) is 0 Å². The highest BCUT2D eigenvalue weighted by atomic mass is 79.9. The SMILES string of the molecule is O=C(O)CSc1nc(=O)ccn1-c1c(Br)cc(Br)cc1Br. The Hall–Kier alpha value is -0.640. The summed E-state index contributed by atoms with van der Waals surface area (Å²) in [5.41, 5.74) is 0.321. The van der Waals surface area contributed by atoms with Crippen molar-refractivity contribution in [2.24, 2.45) is 0 Å². The Labute approximate surface area is 149 Å². The molecule has 0 fully saturated rings. The van der Waals surface area contributed by atoms with Crippen LogP contribution in [0.1, 0.15) is 0 Å². The number of carbonyl (C=O) groups is 1. The number of hydrogen-bond donors (Lipinski definition) is 1. The van der Waals surface area contributed by atoms with Crippen molar-refractivity contribution in [1.29, 1.82) is 0 Å². The van der Waals surface area contributed by atoms with Crippen molar-refractivity contribution in [3.8, 4) is 5.69 Å². The van der Waals surface area contributed by atoms with Gasteiger partial charge in [0.15, 0.2) is 5.16 Å². The maximum atomic E-state index is 11.4. The maximum Gasteiger partial charge on any atom is 0.313 e. The van der Waals surface area contributed by atoms with Crippen LogP contribution < -0.4 is 5.56 Å². The number of carboxylic acid groups (broad SMARTS) is 1. The lowest BCUT2D eigenvalue weighted by molar-refractivity contribution is -0.133. The molecule has 5 nitrogen and oxygen atoms in total. The largest absolute Gasteiger partial charge is 0.481 e. The number of benzene rings is 1. The molecule has 0 bridgehead atoms. The third kappa shape index (κ3) is 4.18. The predicted octanol–water partition coefficient (Wildman–Crippen LogP) is 3.70. The van der Waals surface area contributed by atoms with E-state index in [2.05, 4.69) is 52.8 Å². The average molecular weight is 499 g/mol. The van der Waals surface area contributed by atoms with Crippen molar-refractivity contribution in [1.82, 2.24) is 9.55 Å². The summed E-state index contributed by atoms with van der Waals surface area (Å²) < 4.78 is 4.08. The highest BCUT2D eigenvalue weighted by Crippen LogP contribution is 2.34. The minimum Gasteiger partial charge on any atom is -0.481 e. The molecule has 0 aliphatic heterocycles. The topological polar surface area (TPSA) is 72.2 Å². The van der Waals surface area contributed by atoms with Gasteiger partial charge in [-0.3, -0.25) is 14.2 Å². The Morgan fingerprint density at radius 2 is 1.90 bits per heavy atom. The Kier molecular flexibility index (Phi) is 5.64. The summed E-state index contributed by atoms with van der Waals surface area (Å²) >= 11 is 11.3. The Morgan fingerprint density at radius 1 is 1.29 bits per heavy atom. The molecular weight excluding hydrogens is 492 g/mol. The first kappa shape index (κ1) is 16.7. The van der Waals surface area contributed by atoms with E-state index in [4.69, 9.17) is 5.11 Å². The molecular formula is C12H7Br3N2O3S. The van der Waals surface area contributed by atoms with Gasteiger partial charge in [0.05, 0.1) is 11.4 Å². The molecule has 1 N–H and O–H groups in total. The third-order valence-electron chi connectivity index (χ3n) is 2.33. The number of aliphatic carboxylic acids is 1. The zero-order chi connectivity index (χ0) is 15.6. The molecule has 0 amide bonds. The number of thioether (sulfide) groups is 1. The van der Waals surface area contributed by atoms with E-state index in [0.29, 0.717) is 5.16 Å². The lowest BCUT2D eigenvalue weighted by Crippen LogP contribution is -2.14. The standard InChI is InChI=1S/C12H7Br3N2O3S/c13-6-3-7(14)11(8(15)4-6)17-2-1-9(18)16-12(17)21-5-10(19)20/h1-4H,5H2,(H,19,20). The number of carboxylic acids is 1. The lowest BCUT2D eigenvalue weighted by Gasteiger charge is -2.15. The molecule has 0 saturated carbocycles. The van der Waals surface area contributed by atoms with Crippen molar-refractivity contribution in [2.75, 3.05) is 5.75 Å². The van der Waals surface area contributed by atoms with Crippen molar-refractivity contribution in [3.05, 3.63) is 48.2 Å². The van der Waals surface area contributed by atoms with Crippen LogP contribution >= 0.6 is 59.6 Å². The van der Waals surface area contributed by atoms with E-state index >= 15 is 0 Å². The normalized spacial score (nSPS) is 10.6. The Balaban J connectivity index is 2.58. The summed E-state index contributed by atoms with van der Waals surface area (Å²) in [4.78, 5) is 26.0. The fourth-order valence-electron chi connectivity index (χ4n) is 1.55. The zero-order valence-corrected chi connectivity index (χ0v) is 15.8. The monoisotopic (exact) mass is 496 g/mol. The van der Waals surface area contributed by atoms with Gasteiger partial charge >= 0.3 is 5.97 Å². The lowest BCUT2D eigenvalue weighted by atomic mass is 10.3. The number of rotatable bonds is 4. The van der Waals surface area contributed by atoms with Crippen LogP contribution in [0.15, 0.2) is 47.8 Å². The predicted molar refractivity (Wildman–Crippen MR) is 91.3 cm³/mol. The first-order valence-electron chi connectivity index (χ1n) is 5.47. The number of hydrogen-bond acceptors (Lipinski definition) is 4. The van der Waals surface area contributed by atoms with Gasteiger partial charge in [0, 0.05) is 25.7 Å². The fraction of sp³-hybridized carbons (Fsp3) is 0.0833. The minimum absolute atomic E-state index is 0.178. The van der Waals surface area contributed by atoms with Crippen LogP contribution in [-0.2, 0) is 4.79 Å². The van der Waals surface area contributed by atoms with Gasteiger partial charge in [-0.25, -0.2) is 0 Å². The van der Waals surface area contributed by atoms with Gasteiger partial charge in [0.25, 0.3) is 5.56 Å². The summed E-state index contributed by atoms with van der Waals surface area (Å²) in [5, 5.41) is 9.10. The average Bonchev–Trinajstić information content (AvgIpc) is 2.37. The van der Waals surface area contributed by atoms with Crippen molar-refractivity contribution in [2.45, 2.75) is 5.16 Å². The molecule has 0 radical (unpaired) electrons. The Bertz CT molecular complexity index is 741. The van der Waals surface area contributed by atoms with Gasteiger partial charge in [-0.2, -0.15) is 4.98 Å². The minimum atomic E-state index is -0.974. The van der Waals surface area contributed by atoms with Gasteiger partial charge in [-0.15, -0.1) is 0 Å². The molecule has 0 unspecified atom stereocenters.